The predicted molar refractivity (Wildman–Crippen MR) is 79.1 cm³/mol. The summed E-state index contributed by atoms with van der Waals surface area (Å²) < 4.78 is 1.96. The lowest BCUT2D eigenvalue weighted by Gasteiger charge is -2.12. The first kappa shape index (κ1) is 12.9. The number of nitrogens with one attached hydrogen (secondary N) is 1. The quantitative estimate of drug-likeness (QED) is 0.929. The van der Waals surface area contributed by atoms with E-state index in [1.807, 2.05) is 36.6 Å². The Labute approximate surface area is 117 Å². The Hall–Kier alpha value is -2.10. The van der Waals surface area contributed by atoms with Crippen molar-refractivity contribution >= 4 is 16.8 Å². The van der Waals surface area contributed by atoms with E-state index < -0.39 is 0 Å². The number of fused-ring (bicyclic) bond motifs is 1. The monoisotopic (exact) mass is 270 g/mol. The third-order valence-corrected chi connectivity index (χ3v) is 3.73. The molecule has 1 aliphatic rings. The highest BCUT2D eigenvalue weighted by Gasteiger charge is 2.25. The van der Waals surface area contributed by atoms with Gasteiger partial charge >= 0.3 is 0 Å². The standard InChI is InChI=1S/C16H18N2O2/c1-3-18-9-13(16(20)17-11-5-6-11)15(19)12-8-10(2)4-7-14(12)18/h4,7-9,11H,3,5-6H2,1-2H3,(H,17,20). The second kappa shape index (κ2) is 4.78. The maximum absolute atomic E-state index is 12.5. The van der Waals surface area contributed by atoms with Crippen molar-refractivity contribution in [3.05, 3.63) is 45.7 Å². The maximum Gasteiger partial charge on any atom is 0.256 e. The molecule has 0 bridgehead atoms. The van der Waals surface area contributed by atoms with Gasteiger partial charge in [-0.15, -0.1) is 0 Å². The third kappa shape index (κ3) is 2.22. The summed E-state index contributed by atoms with van der Waals surface area (Å²) in [7, 11) is 0. The van der Waals surface area contributed by atoms with E-state index in [2.05, 4.69) is 5.32 Å². The molecule has 1 N–H and O–H groups in total. The van der Waals surface area contributed by atoms with Crippen LogP contribution in [0.25, 0.3) is 10.9 Å². The van der Waals surface area contributed by atoms with E-state index in [1.54, 1.807) is 6.20 Å². The fourth-order valence-corrected chi connectivity index (χ4v) is 2.43. The van der Waals surface area contributed by atoms with Crippen LogP contribution in [0, 0.1) is 6.92 Å². The number of hydrogen-bond acceptors (Lipinski definition) is 2. The predicted octanol–water partition coefficient (Wildman–Crippen LogP) is 2.22. The van der Waals surface area contributed by atoms with Crippen molar-refractivity contribution in [1.82, 2.24) is 9.88 Å². The van der Waals surface area contributed by atoms with Crippen molar-refractivity contribution in [3.8, 4) is 0 Å². The van der Waals surface area contributed by atoms with Gasteiger partial charge in [0.15, 0.2) is 0 Å². The van der Waals surface area contributed by atoms with E-state index in [9.17, 15) is 9.59 Å². The van der Waals surface area contributed by atoms with Gasteiger partial charge in [-0.3, -0.25) is 9.59 Å². The molecule has 0 saturated heterocycles. The van der Waals surface area contributed by atoms with Gasteiger partial charge in [0.25, 0.3) is 5.91 Å². The molecule has 0 atom stereocenters. The number of pyridine rings is 1. The van der Waals surface area contributed by atoms with Gasteiger partial charge in [0, 0.05) is 24.2 Å². The van der Waals surface area contributed by atoms with Crippen molar-refractivity contribution in [2.75, 3.05) is 0 Å². The molecule has 104 valence electrons. The Morgan fingerprint density at radius 3 is 2.80 bits per heavy atom. The summed E-state index contributed by atoms with van der Waals surface area (Å²) in [5.74, 6) is -0.247. The SMILES string of the molecule is CCn1cc(C(=O)NC2CC2)c(=O)c2cc(C)ccc21. The number of rotatable bonds is 3. The van der Waals surface area contributed by atoms with Gasteiger partial charge in [-0.25, -0.2) is 0 Å². The van der Waals surface area contributed by atoms with Gasteiger partial charge in [0.2, 0.25) is 5.43 Å². The van der Waals surface area contributed by atoms with Gasteiger partial charge < -0.3 is 9.88 Å². The molecule has 1 fully saturated rings. The molecular formula is C16H18N2O2. The third-order valence-electron chi connectivity index (χ3n) is 3.73. The molecule has 0 aliphatic heterocycles. The molecule has 1 aromatic heterocycles. The number of benzene rings is 1. The van der Waals surface area contributed by atoms with Crippen LogP contribution in [0.1, 0.15) is 35.7 Å². The van der Waals surface area contributed by atoms with Crippen LogP contribution >= 0.6 is 0 Å². The maximum atomic E-state index is 12.5. The highest BCUT2D eigenvalue weighted by molar-refractivity contribution is 5.97. The summed E-state index contributed by atoms with van der Waals surface area (Å²) in [5, 5.41) is 3.51. The lowest BCUT2D eigenvalue weighted by atomic mass is 10.1. The van der Waals surface area contributed by atoms with Crippen LogP contribution in [0.4, 0.5) is 0 Å². The van der Waals surface area contributed by atoms with Gasteiger partial charge in [-0.05, 0) is 38.8 Å². The number of carbonyl (C=O) groups excluding carboxylic acids is 1. The molecule has 20 heavy (non-hydrogen) atoms. The zero-order chi connectivity index (χ0) is 14.3. The number of amides is 1. The first-order chi connectivity index (χ1) is 9.60. The normalized spacial score (nSPS) is 14.5. The lowest BCUT2D eigenvalue weighted by Crippen LogP contribution is -2.31. The average Bonchev–Trinajstić information content (AvgIpc) is 3.23. The summed E-state index contributed by atoms with van der Waals surface area (Å²) in [6.45, 7) is 4.68. The molecule has 1 aliphatic carbocycles. The van der Waals surface area contributed by atoms with Crippen LogP contribution in [-0.2, 0) is 6.54 Å². The summed E-state index contributed by atoms with van der Waals surface area (Å²) in [6.07, 6.45) is 3.71. The van der Waals surface area contributed by atoms with Crippen molar-refractivity contribution in [2.45, 2.75) is 39.3 Å². The molecule has 0 spiro atoms. The zero-order valence-electron chi connectivity index (χ0n) is 11.8. The van der Waals surface area contributed by atoms with E-state index in [1.165, 1.54) is 0 Å². The minimum absolute atomic E-state index is 0.174. The zero-order valence-corrected chi connectivity index (χ0v) is 11.8. The Morgan fingerprint density at radius 1 is 1.40 bits per heavy atom. The van der Waals surface area contributed by atoms with E-state index >= 15 is 0 Å². The molecule has 1 aromatic carbocycles. The van der Waals surface area contributed by atoms with Crippen LogP contribution in [0.15, 0.2) is 29.2 Å². The van der Waals surface area contributed by atoms with Gasteiger partial charge in [-0.2, -0.15) is 0 Å². The van der Waals surface area contributed by atoms with E-state index in [4.69, 9.17) is 0 Å². The van der Waals surface area contributed by atoms with Crippen molar-refractivity contribution in [2.24, 2.45) is 0 Å². The molecule has 2 aromatic rings. The summed E-state index contributed by atoms with van der Waals surface area (Å²) >= 11 is 0. The largest absolute Gasteiger partial charge is 0.349 e. The Balaban J connectivity index is 2.19. The summed E-state index contributed by atoms with van der Waals surface area (Å²) in [6, 6.07) is 6.04. The fraction of sp³-hybridized carbons (Fsp3) is 0.375. The molecule has 4 nitrogen and oxygen atoms in total. The molecule has 3 rings (SSSR count). The lowest BCUT2D eigenvalue weighted by molar-refractivity contribution is 0.0949. The van der Waals surface area contributed by atoms with Gasteiger partial charge in [0.1, 0.15) is 5.56 Å². The van der Waals surface area contributed by atoms with Crippen LogP contribution in [0.3, 0.4) is 0 Å². The van der Waals surface area contributed by atoms with Crippen molar-refractivity contribution in [3.63, 3.8) is 0 Å². The van der Waals surface area contributed by atoms with E-state index in [0.717, 1.165) is 30.5 Å². The van der Waals surface area contributed by atoms with Crippen molar-refractivity contribution < 1.29 is 4.79 Å². The Bertz CT molecular complexity index is 742. The Morgan fingerprint density at radius 2 is 2.15 bits per heavy atom. The average molecular weight is 270 g/mol. The van der Waals surface area contributed by atoms with Crippen LogP contribution in [0.2, 0.25) is 0 Å². The smallest absolute Gasteiger partial charge is 0.256 e. The molecule has 0 radical (unpaired) electrons. The van der Waals surface area contributed by atoms with Crippen LogP contribution < -0.4 is 10.7 Å². The Kier molecular flexibility index (Phi) is 3.08. The number of carbonyl (C=O) groups is 1. The van der Waals surface area contributed by atoms with E-state index in [0.29, 0.717) is 5.39 Å². The van der Waals surface area contributed by atoms with Gasteiger partial charge in [0.05, 0.1) is 5.52 Å². The first-order valence-corrected chi connectivity index (χ1v) is 7.05. The van der Waals surface area contributed by atoms with Crippen molar-refractivity contribution in [1.29, 1.82) is 0 Å². The molecule has 4 heteroatoms. The van der Waals surface area contributed by atoms with Crippen LogP contribution in [0.5, 0.6) is 0 Å². The van der Waals surface area contributed by atoms with E-state index in [-0.39, 0.29) is 22.9 Å². The molecule has 1 heterocycles. The minimum atomic E-state index is -0.247. The highest BCUT2D eigenvalue weighted by atomic mass is 16.2. The topological polar surface area (TPSA) is 51.1 Å². The highest BCUT2D eigenvalue weighted by Crippen LogP contribution is 2.19. The molecule has 1 saturated carbocycles. The minimum Gasteiger partial charge on any atom is -0.349 e. The number of nitrogens with zero attached hydrogens (tertiary/aromatic N) is 1. The number of aromatic nitrogens is 1. The molecule has 0 unspecified atom stereocenters. The molecule has 1 amide bonds. The fourth-order valence-electron chi connectivity index (χ4n) is 2.43. The number of aryl methyl sites for hydroxylation is 2. The first-order valence-electron chi connectivity index (χ1n) is 7.05. The van der Waals surface area contributed by atoms with Crippen LogP contribution in [-0.4, -0.2) is 16.5 Å². The van der Waals surface area contributed by atoms with Gasteiger partial charge in [-0.1, -0.05) is 11.6 Å². The second-order valence-electron chi connectivity index (χ2n) is 5.43. The molecular weight excluding hydrogens is 252 g/mol. The number of hydrogen-bond donors (Lipinski definition) is 1. The second-order valence-corrected chi connectivity index (χ2v) is 5.43. The summed E-state index contributed by atoms with van der Waals surface area (Å²) in [4.78, 5) is 24.7. The summed E-state index contributed by atoms with van der Waals surface area (Å²) in [5.41, 5.74) is 1.98.